The second-order valence-electron chi connectivity index (χ2n) is 4.70. The molecule has 0 amide bonds. The van der Waals surface area contributed by atoms with Crippen LogP contribution in [0, 0.1) is 11.3 Å². The topological polar surface area (TPSA) is 59.3 Å². The highest BCUT2D eigenvalue weighted by atomic mass is 19.3. The number of nitrogens with zero attached hydrogens (tertiary/aromatic N) is 1. The maximum atomic E-state index is 12.0. The minimum atomic E-state index is -2.87. The van der Waals surface area contributed by atoms with Crippen molar-refractivity contribution in [1.82, 2.24) is 0 Å². The van der Waals surface area contributed by atoms with Crippen LogP contribution >= 0.6 is 0 Å². The van der Waals surface area contributed by atoms with Gasteiger partial charge in [-0.3, -0.25) is 0 Å². The molecule has 0 saturated carbocycles. The predicted octanol–water partition coefficient (Wildman–Crippen LogP) is 3.92. The van der Waals surface area contributed by atoms with Crippen molar-refractivity contribution in [2.75, 3.05) is 0 Å². The van der Waals surface area contributed by atoms with Gasteiger partial charge in [0.15, 0.2) is 0 Å². The highest BCUT2D eigenvalue weighted by Crippen LogP contribution is 2.15. The Morgan fingerprint density at radius 3 is 2.62 bits per heavy atom. The lowest BCUT2D eigenvalue weighted by Gasteiger charge is -2.04. The zero-order valence-electron chi connectivity index (χ0n) is 12.5. The number of alkyl halides is 2. The van der Waals surface area contributed by atoms with E-state index in [1.54, 1.807) is 24.3 Å². The summed E-state index contributed by atoms with van der Waals surface area (Å²) in [4.78, 5) is 11.7. The van der Waals surface area contributed by atoms with Gasteiger partial charge in [-0.25, -0.2) is 4.79 Å². The van der Waals surface area contributed by atoms with E-state index in [9.17, 15) is 13.6 Å². The summed E-state index contributed by atoms with van der Waals surface area (Å²) < 4.78 is 33.4. The van der Waals surface area contributed by atoms with Crippen molar-refractivity contribution in [3.05, 3.63) is 71.3 Å². The van der Waals surface area contributed by atoms with Gasteiger partial charge in [0.1, 0.15) is 12.4 Å². The Labute approximate surface area is 137 Å². The highest BCUT2D eigenvalue weighted by molar-refractivity contribution is 5.87. The lowest BCUT2D eigenvalue weighted by Crippen LogP contribution is -2.01. The maximum absolute atomic E-state index is 12.0. The van der Waals surface area contributed by atoms with Gasteiger partial charge in [-0.1, -0.05) is 24.3 Å². The standard InChI is InChI=1S/C18H13F2NO3/c19-18(20)24-16-7-4-13(5-8-16)6-9-17(22)23-12-15-3-1-2-14(10-15)11-21/h1-10,18H,12H2/b9-6+. The van der Waals surface area contributed by atoms with Crippen molar-refractivity contribution < 1.29 is 23.0 Å². The zero-order chi connectivity index (χ0) is 17.4. The van der Waals surface area contributed by atoms with Crippen LogP contribution in [0.5, 0.6) is 5.75 Å². The van der Waals surface area contributed by atoms with Crippen LogP contribution in [0.3, 0.4) is 0 Å². The molecule has 0 aromatic heterocycles. The summed E-state index contributed by atoms with van der Waals surface area (Å²) in [5, 5.41) is 8.80. The lowest BCUT2D eigenvalue weighted by atomic mass is 10.1. The Balaban J connectivity index is 1.87. The zero-order valence-corrected chi connectivity index (χ0v) is 12.5. The molecule has 2 aromatic carbocycles. The second-order valence-corrected chi connectivity index (χ2v) is 4.70. The molecular formula is C18H13F2NO3. The first-order chi connectivity index (χ1) is 11.6. The smallest absolute Gasteiger partial charge is 0.387 e. The number of hydrogen-bond acceptors (Lipinski definition) is 4. The fraction of sp³-hybridized carbons (Fsp3) is 0.111. The summed E-state index contributed by atoms with van der Waals surface area (Å²) in [7, 11) is 0. The van der Waals surface area contributed by atoms with E-state index >= 15 is 0 Å². The minimum Gasteiger partial charge on any atom is -0.458 e. The van der Waals surface area contributed by atoms with Crippen LogP contribution in [0.1, 0.15) is 16.7 Å². The molecule has 2 aromatic rings. The number of rotatable bonds is 6. The summed E-state index contributed by atoms with van der Waals surface area (Å²) in [6.45, 7) is -2.82. The average Bonchev–Trinajstić information content (AvgIpc) is 2.59. The summed E-state index contributed by atoms with van der Waals surface area (Å²) in [6, 6.07) is 14.6. The Morgan fingerprint density at radius 1 is 1.21 bits per heavy atom. The van der Waals surface area contributed by atoms with Crippen LogP contribution in [-0.4, -0.2) is 12.6 Å². The van der Waals surface area contributed by atoms with Gasteiger partial charge in [0.05, 0.1) is 11.6 Å². The van der Waals surface area contributed by atoms with Crippen LogP contribution in [0.25, 0.3) is 6.08 Å². The number of nitriles is 1. The van der Waals surface area contributed by atoms with E-state index < -0.39 is 12.6 Å². The Bertz CT molecular complexity index is 765. The number of carbonyl (C=O) groups is 1. The Morgan fingerprint density at radius 2 is 1.96 bits per heavy atom. The molecule has 0 bridgehead atoms. The Hall–Kier alpha value is -3.20. The van der Waals surface area contributed by atoms with Crippen LogP contribution in [0.4, 0.5) is 8.78 Å². The molecule has 122 valence electrons. The van der Waals surface area contributed by atoms with Gasteiger partial charge in [-0.15, -0.1) is 0 Å². The van der Waals surface area contributed by atoms with Gasteiger partial charge in [0.25, 0.3) is 0 Å². The summed E-state index contributed by atoms with van der Waals surface area (Å²) in [5.74, 6) is -0.507. The molecule has 0 fully saturated rings. The van der Waals surface area contributed by atoms with Gasteiger partial charge >= 0.3 is 12.6 Å². The van der Waals surface area contributed by atoms with E-state index in [0.29, 0.717) is 16.7 Å². The average molecular weight is 329 g/mol. The molecule has 0 aliphatic rings. The molecule has 0 aliphatic carbocycles. The second kappa shape index (κ2) is 8.44. The molecule has 0 unspecified atom stereocenters. The van der Waals surface area contributed by atoms with Crippen molar-refractivity contribution in [1.29, 1.82) is 5.26 Å². The molecule has 2 rings (SSSR count). The van der Waals surface area contributed by atoms with Gasteiger partial charge in [0.2, 0.25) is 0 Å². The molecule has 0 N–H and O–H groups in total. The van der Waals surface area contributed by atoms with Crippen molar-refractivity contribution in [3.63, 3.8) is 0 Å². The maximum Gasteiger partial charge on any atom is 0.387 e. The molecule has 24 heavy (non-hydrogen) atoms. The van der Waals surface area contributed by atoms with E-state index in [0.717, 1.165) is 0 Å². The normalized spacial score (nSPS) is 10.6. The van der Waals surface area contributed by atoms with E-state index in [-0.39, 0.29) is 12.4 Å². The molecule has 0 saturated heterocycles. The molecule has 0 radical (unpaired) electrons. The lowest BCUT2D eigenvalue weighted by molar-refractivity contribution is -0.138. The van der Waals surface area contributed by atoms with E-state index in [2.05, 4.69) is 4.74 Å². The van der Waals surface area contributed by atoms with Crippen LogP contribution in [0.2, 0.25) is 0 Å². The number of esters is 1. The van der Waals surface area contributed by atoms with Gasteiger partial charge < -0.3 is 9.47 Å². The molecule has 0 heterocycles. The summed E-state index contributed by atoms with van der Waals surface area (Å²) in [5.41, 5.74) is 1.84. The van der Waals surface area contributed by atoms with Crippen LogP contribution in [-0.2, 0) is 16.1 Å². The third kappa shape index (κ3) is 5.54. The quantitative estimate of drug-likeness (QED) is 0.595. The number of carbonyl (C=O) groups excluding carboxylic acids is 1. The van der Waals surface area contributed by atoms with E-state index in [4.69, 9.17) is 10.00 Å². The van der Waals surface area contributed by atoms with Crippen molar-refractivity contribution in [2.24, 2.45) is 0 Å². The minimum absolute atomic E-state index is 0.0436. The van der Waals surface area contributed by atoms with Gasteiger partial charge in [0, 0.05) is 6.08 Å². The molecular weight excluding hydrogens is 316 g/mol. The first-order valence-corrected chi connectivity index (χ1v) is 6.95. The Kier molecular flexibility index (Phi) is 6.03. The number of ether oxygens (including phenoxy) is 2. The number of hydrogen-bond donors (Lipinski definition) is 0. The highest BCUT2D eigenvalue weighted by Gasteiger charge is 2.03. The molecule has 6 heteroatoms. The van der Waals surface area contributed by atoms with Gasteiger partial charge in [-0.05, 0) is 41.5 Å². The van der Waals surface area contributed by atoms with E-state index in [1.165, 1.54) is 36.4 Å². The molecule has 0 atom stereocenters. The van der Waals surface area contributed by atoms with Crippen molar-refractivity contribution in [2.45, 2.75) is 13.2 Å². The first kappa shape index (κ1) is 17.2. The first-order valence-electron chi connectivity index (χ1n) is 6.95. The number of benzene rings is 2. The SMILES string of the molecule is N#Cc1cccc(COC(=O)/C=C/c2ccc(OC(F)F)cc2)c1. The third-order valence-corrected chi connectivity index (χ3v) is 2.95. The fourth-order valence-corrected chi connectivity index (χ4v) is 1.86. The van der Waals surface area contributed by atoms with Gasteiger partial charge in [-0.2, -0.15) is 14.0 Å². The van der Waals surface area contributed by atoms with Crippen LogP contribution in [0.15, 0.2) is 54.6 Å². The van der Waals surface area contributed by atoms with Crippen LogP contribution < -0.4 is 4.74 Å². The fourth-order valence-electron chi connectivity index (χ4n) is 1.86. The molecule has 0 aliphatic heterocycles. The number of halogens is 2. The van der Waals surface area contributed by atoms with E-state index in [1.807, 2.05) is 6.07 Å². The van der Waals surface area contributed by atoms with Crippen molar-refractivity contribution in [3.8, 4) is 11.8 Å². The van der Waals surface area contributed by atoms with Crippen molar-refractivity contribution >= 4 is 12.0 Å². The predicted molar refractivity (Wildman–Crippen MR) is 83.1 cm³/mol. The summed E-state index contributed by atoms with van der Waals surface area (Å²) in [6.07, 6.45) is 2.73. The molecule has 0 spiro atoms. The monoisotopic (exact) mass is 329 g/mol. The third-order valence-electron chi connectivity index (χ3n) is 2.95. The molecule has 4 nitrogen and oxygen atoms in total. The largest absolute Gasteiger partial charge is 0.458 e. The summed E-state index contributed by atoms with van der Waals surface area (Å²) >= 11 is 0.